The van der Waals surface area contributed by atoms with E-state index in [0.717, 1.165) is 11.3 Å². The van der Waals surface area contributed by atoms with Gasteiger partial charge in [0.15, 0.2) is 11.5 Å². The smallest absolute Gasteiger partial charge is 0.244 e. The van der Waals surface area contributed by atoms with Gasteiger partial charge in [-0.25, -0.2) is 5.43 Å². The lowest BCUT2D eigenvalue weighted by Gasteiger charge is -2.07. The van der Waals surface area contributed by atoms with Gasteiger partial charge in [0, 0.05) is 17.5 Å². The Kier molecular flexibility index (Phi) is 6.11. The Bertz CT molecular complexity index is 893. The first kappa shape index (κ1) is 19.2. The van der Waals surface area contributed by atoms with E-state index in [4.69, 9.17) is 14.2 Å². The maximum absolute atomic E-state index is 12.1. The quantitative estimate of drug-likeness (QED) is 0.565. The average molecular weight is 383 g/mol. The molecule has 2 N–H and O–H groups in total. The summed E-state index contributed by atoms with van der Waals surface area (Å²) in [5.74, 6) is 1.46. The van der Waals surface area contributed by atoms with Crippen LogP contribution in [0.25, 0.3) is 0 Å². The van der Waals surface area contributed by atoms with Crippen LogP contribution in [0.1, 0.15) is 18.9 Å². The number of nitrogens with one attached hydrogen (secondary N) is 2. The Morgan fingerprint density at radius 2 is 1.82 bits per heavy atom. The average Bonchev–Trinajstić information content (AvgIpc) is 3.15. The summed E-state index contributed by atoms with van der Waals surface area (Å²) in [6.07, 6.45) is 0.238. The Labute approximate surface area is 162 Å². The zero-order valence-corrected chi connectivity index (χ0v) is 15.7. The molecule has 0 radical (unpaired) electrons. The van der Waals surface area contributed by atoms with E-state index in [1.165, 1.54) is 0 Å². The number of hydrogen-bond donors (Lipinski definition) is 2. The molecule has 28 heavy (non-hydrogen) atoms. The lowest BCUT2D eigenvalue weighted by Crippen LogP contribution is -2.22. The molecular formula is C20H21N3O5. The molecule has 0 bridgehead atoms. The van der Waals surface area contributed by atoms with Gasteiger partial charge in [-0.05, 0) is 36.8 Å². The van der Waals surface area contributed by atoms with Crippen LogP contribution in [0.15, 0.2) is 47.6 Å². The molecule has 0 atom stereocenters. The summed E-state index contributed by atoms with van der Waals surface area (Å²) < 4.78 is 15.6. The van der Waals surface area contributed by atoms with Gasteiger partial charge < -0.3 is 19.5 Å². The molecule has 146 valence electrons. The molecule has 0 saturated carbocycles. The van der Waals surface area contributed by atoms with Gasteiger partial charge in [0.1, 0.15) is 5.75 Å². The minimum absolute atomic E-state index is 0.0528. The minimum Gasteiger partial charge on any atom is -0.497 e. The van der Waals surface area contributed by atoms with Crippen LogP contribution in [-0.4, -0.2) is 31.4 Å². The van der Waals surface area contributed by atoms with E-state index >= 15 is 0 Å². The fraction of sp³-hybridized carbons (Fsp3) is 0.250. The number of hydrogen-bond acceptors (Lipinski definition) is 6. The third-order valence-electron chi connectivity index (χ3n) is 3.97. The Morgan fingerprint density at radius 3 is 2.57 bits per heavy atom. The first-order valence-corrected chi connectivity index (χ1v) is 8.68. The molecule has 2 aromatic rings. The summed E-state index contributed by atoms with van der Waals surface area (Å²) in [6.45, 7) is 1.85. The SMILES string of the molecule is COc1ccc(CC(=O)NN=C(C)CC(=O)Nc2ccc3c(c2)OCO3)cc1. The van der Waals surface area contributed by atoms with E-state index in [0.29, 0.717) is 22.9 Å². The number of amides is 2. The number of hydrazone groups is 1. The highest BCUT2D eigenvalue weighted by Gasteiger charge is 2.14. The predicted octanol–water partition coefficient (Wildman–Crippen LogP) is 2.49. The molecular weight excluding hydrogens is 362 g/mol. The molecule has 2 aromatic carbocycles. The van der Waals surface area contributed by atoms with Crippen molar-refractivity contribution >= 4 is 23.2 Å². The van der Waals surface area contributed by atoms with Crippen LogP contribution in [-0.2, 0) is 16.0 Å². The molecule has 2 amide bonds. The Hall–Kier alpha value is -3.55. The van der Waals surface area contributed by atoms with Crippen LogP contribution in [0.4, 0.5) is 5.69 Å². The van der Waals surface area contributed by atoms with Gasteiger partial charge in [-0.15, -0.1) is 0 Å². The number of rotatable bonds is 7. The fourth-order valence-corrected chi connectivity index (χ4v) is 2.58. The topological polar surface area (TPSA) is 98.2 Å². The Balaban J connectivity index is 1.46. The van der Waals surface area contributed by atoms with Crippen LogP contribution in [0.3, 0.4) is 0 Å². The molecule has 8 heteroatoms. The van der Waals surface area contributed by atoms with Crippen molar-refractivity contribution in [2.75, 3.05) is 19.2 Å². The van der Waals surface area contributed by atoms with Crippen LogP contribution in [0.2, 0.25) is 0 Å². The number of benzene rings is 2. The molecule has 3 rings (SSSR count). The molecule has 0 saturated heterocycles. The van der Waals surface area contributed by atoms with Crippen LogP contribution < -0.4 is 25.0 Å². The highest BCUT2D eigenvalue weighted by molar-refractivity contribution is 6.05. The normalized spacial score (nSPS) is 12.4. The zero-order valence-electron chi connectivity index (χ0n) is 15.7. The molecule has 8 nitrogen and oxygen atoms in total. The molecule has 0 fully saturated rings. The van der Waals surface area contributed by atoms with Crippen molar-refractivity contribution in [2.24, 2.45) is 5.10 Å². The number of carbonyl (C=O) groups is 2. The summed E-state index contributed by atoms with van der Waals surface area (Å²) in [4.78, 5) is 24.1. The van der Waals surface area contributed by atoms with E-state index in [1.807, 2.05) is 12.1 Å². The van der Waals surface area contributed by atoms with Crippen molar-refractivity contribution in [1.29, 1.82) is 0 Å². The van der Waals surface area contributed by atoms with Crippen molar-refractivity contribution in [3.8, 4) is 17.2 Å². The van der Waals surface area contributed by atoms with Crippen LogP contribution in [0.5, 0.6) is 17.2 Å². The van der Waals surface area contributed by atoms with E-state index in [9.17, 15) is 9.59 Å². The van der Waals surface area contributed by atoms with Gasteiger partial charge in [-0.2, -0.15) is 5.10 Å². The molecule has 1 aliphatic heterocycles. The van der Waals surface area contributed by atoms with E-state index in [1.54, 1.807) is 44.4 Å². The second-order valence-electron chi connectivity index (χ2n) is 6.20. The lowest BCUT2D eigenvalue weighted by atomic mass is 10.1. The lowest BCUT2D eigenvalue weighted by molar-refractivity contribution is -0.120. The number of fused-ring (bicyclic) bond motifs is 1. The van der Waals surface area contributed by atoms with Gasteiger partial charge in [0.05, 0.1) is 20.0 Å². The number of ether oxygens (including phenoxy) is 3. The molecule has 0 aliphatic carbocycles. The first-order chi connectivity index (χ1) is 13.5. The number of anilines is 1. The van der Waals surface area contributed by atoms with Crippen molar-refractivity contribution in [3.05, 3.63) is 48.0 Å². The van der Waals surface area contributed by atoms with E-state index in [-0.39, 0.29) is 31.4 Å². The summed E-state index contributed by atoms with van der Waals surface area (Å²) in [6, 6.07) is 12.4. The van der Waals surface area contributed by atoms with Crippen molar-refractivity contribution < 1.29 is 23.8 Å². The number of nitrogens with zero attached hydrogens (tertiary/aromatic N) is 1. The zero-order chi connectivity index (χ0) is 19.9. The Morgan fingerprint density at radius 1 is 1.07 bits per heavy atom. The van der Waals surface area contributed by atoms with Gasteiger partial charge in [-0.3, -0.25) is 9.59 Å². The largest absolute Gasteiger partial charge is 0.497 e. The minimum atomic E-state index is -0.263. The van der Waals surface area contributed by atoms with Crippen molar-refractivity contribution in [3.63, 3.8) is 0 Å². The monoisotopic (exact) mass is 383 g/mol. The summed E-state index contributed by atoms with van der Waals surface area (Å²) in [7, 11) is 1.59. The molecule has 1 aliphatic rings. The van der Waals surface area contributed by atoms with Gasteiger partial charge in [0.25, 0.3) is 0 Å². The van der Waals surface area contributed by atoms with E-state index < -0.39 is 0 Å². The predicted molar refractivity (Wildman–Crippen MR) is 104 cm³/mol. The van der Waals surface area contributed by atoms with Crippen molar-refractivity contribution in [2.45, 2.75) is 19.8 Å². The molecule has 1 heterocycles. The van der Waals surface area contributed by atoms with Gasteiger partial charge in [-0.1, -0.05) is 12.1 Å². The maximum atomic E-state index is 12.1. The number of methoxy groups -OCH3 is 1. The van der Waals surface area contributed by atoms with Crippen LogP contribution in [0, 0.1) is 0 Å². The summed E-state index contributed by atoms with van der Waals surface area (Å²) >= 11 is 0. The standard InChI is InChI=1S/C20H21N3O5/c1-13(22-23-20(25)10-14-3-6-16(26-2)7-4-14)9-19(24)21-15-5-8-17-18(11-15)28-12-27-17/h3-8,11H,9-10,12H2,1-2H3,(H,21,24)(H,23,25). The first-order valence-electron chi connectivity index (χ1n) is 8.68. The van der Waals surface area contributed by atoms with E-state index in [2.05, 4.69) is 15.8 Å². The third-order valence-corrected chi connectivity index (χ3v) is 3.97. The summed E-state index contributed by atoms with van der Waals surface area (Å²) in [5.41, 5.74) is 4.39. The molecule has 0 spiro atoms. The second kappa shape index (κ2) is 8.90. The van der Waals surface area contributed by atoms with Gasteiger partial charge in [0.2, 0.25) is 18.6 Å². The van der Waals surface area contributed by atoms with Crippen LogP contribution >= 0.6 is 0 Å². The second-order valence-corrected chi connectivity index (χ2v) is 6.20. The summed E-state index contributed by atoms with van der Waals surface area (Å²) in [5, 5.41) is 6.74. The molecule has 0 aromatic heterocycles. The highest BCUT2D eigenvalue weighted by Crippen LogP contribution is 2.34. The maximum Gasteiger partial charge on any atom is 0.244 e. The van der Waals surface area contributed by atoms with Gasteiger partial charge >= 0.3 is 0 Å². The number of carbonyl (C=O) groups excluding carboxylic acids is 2. The van der Waals surface area contributed by atoms with Crippen molar-refractivity contribution in [1.82, 2.24) is 5.43 Å². The highest BCUT2D eigenvalue weighted by atomic mass is 16.7. The third kappa shape index (κ3) is 5.23. The molecule has 0 unspecified atom stereocenters. The fourth-order valence-electron chi connectivity index (χ4n) is 2.58.